The van der Waals surface area contributed by atoms with E-state index in [4.69, 9.17) is 11.6 Å². The molecule has 0 amide bonds. The molecule has 0 saturated heterocycles. The maximum absolute atomic E-state index is 12.0. The van der Waals surface area contributed by atoms with Gasteiger partial charge in [0.1, 0.15) is 5.56 Å². The van der Waals surface area contributed by atoms with Gasteiger partial charge in [-0.25, -0.2) is 4.79 Å². The molecule has 2 rings (SSSR count). The zero-order chi connectivity index (χ0) is 14.9. The Hall–Kier alpha value is -2.07. The van der Waals surface area contributed by atoms with E-state index in [0.29, 0.717) is 22.8 Å². The molecule has 4 nitrogen and oxygen atoms in total. The lowest BCUT2D eigenvalue weighted by molar-refractivity contribution is 0.0695. The first-order valence-corrected chi connectivity index (χ1v) is 6.57. The fourth-order valence-electron chi connectivity index (χ4n) is 2.29. The number of carbonyl (C=O) groups is 1. The summed E-state index contributed by atoms with van der Waals surface area (Å²) in [5, 5.41) is 9.89. The SMILES string of the molecule is CCn1c(C)cc(=O)c(C(=O)O)c1-c1ccc(Cl)cc1. The topological polar surface area (TPSA) is 59.3 Å². The number of carboxylic acid groups (broad SMARTS) is 1. The summed E-state index contributed by atoms with van der Waals surface area (Å²) in [6, 6.07) is 8.14. The molecule has 0 aliphatic rings. The van der Waals surface area contributed by atoms with Gasteiger partial charge in [0.15, 0.2) is 5.43 Å². The van der Waals surface area contributed by atoms with Crippen LogP contribution >= 0.6 is 11.6 Å². The Labute approximate surface area is 121 Å². The fraction of sp³-hybridized carbons (Fsp3) is 0.200. The highest BCUT2D eigenvalue weighted by molar-refractivity contribution is 6.30. The number of pyridine rings is 1. The van der Waals surface area contributed by atoms with Crippen LogP contribution in [0.3, 0.4) is 0 Å². The summed E-state index contributed by atoms with van der Waals surface area (Å²) in [4.78, 5) is 23.4. The monoisotopic (exact) mass is 291 g/mol. The summed E-state index contributed by atoms with van der Waals surface area (Å²) in [5.41, 5.74) is 1.12. The molecule has 2 aromatic rings. The molecule has 20 heavy (non-hydrogen) atoms. The van der Waals surface area contributed by atoms with Crippen molar-refractivity contribution < 1.29 is 9.90 Å². The van der Waals surface area contributed by atoms with Crippen LogP contribution < -0.4 is 5.43 Å². The van der Waals surface area contributed by atoms with E-state index in [2.05, 4.69) is 0 Å². The van der Waals surface area contributed by atoms with Gasteiger partial charge in [0.2, 0.25) is 0 Å². The van der Waals surface area contributed by atoms with Crippen LogP contribution in [-0.2, 0) is 6.54 Å². The molecule has 1 N–H and O–H groups in total. The van der Waals surface area contributed by atoms with E-state index >= 15 is 0 Å². The second-order valence-corrected chi connectivity index (χ2v) is 4.87. The van der Waals surface area contributed by atoms with Gasteiger partial charge in [-0.1, -0.05) is 23.7 Å². The molecule has 0 spiro atoms. The van der Waals surface area contributed by atoms with E-state index in [1.807, 2.05) is 11.5 Å². The van der Waals surface area contributed by atoms with Crippen LogP contribution in [0.4, 0.5) is 0 Å². The first-order chi connectivity index (χ1) is 9.45. The molecule has 5 heteroatoms. The van der Waals surface area contributed by atoms with Crippen LogP contribution in [0.15, 0.2) is 35.1 Å². The number of hydrogen-bond donors (Lipinski definition) is 1. The Balaban J connectivity index is 2.87. The highest BCUT2D eigenvalue weighted by atomic mass is 35.5. The third-order valence-corrected chi connectivity index (χ3v) is 3.42. The molecule has 0 aliphatic heterocycles. The summed E-state index contributed by atoms with van der Waals surface area (Å²) in [6.07, 6.45) is 0. The summed E-state index contributed by atoms with van der Waals surface area (Å²) < 4.78 is 1.81. The van der Waals surface area contributed by atoms with Crippen molar-refractivity contribution in [3.05, 3.63) is 56.8 Å². The van der Waals surface area contributed by atoms with Gasteiger partial charge in [-0.05, 0) is 31.5 Å². The van der Waals surface area contributed by atoms with Crippen molar-refractivity contribution in [1.82, 2.24) is 4.57 Å². The van der Waals surface area contributed by atoms with Crippen LogP contribution in [0, 0.1) is 6.92 Å². The smallest absolute Gasteiger partial charge is 0.341 e. The summed E-state index contributed by atoms with van der Waals surface area (Å²) >= 11 is 5.85. The Kier molecular flexibility index (Phi) is 3.95. The first-order valence-electron chi connectivity index (χ1n) is 6.19. The molecule has 0 bridgehead atoms. The number of hydrogen-bond acceptors (Lipinski definition) is 2. The molecule has 0 unspecified atom stereocenters. The van der Waals surface area contributed by atoms with Crippen molar-refractivity contribution in [3.8, 4) is 11.3 Å². The molecule has 1 aromatic carbocycles. The zero-order valence-corrected chi connectivity index (χ0v) is 11.9. The minimum absolute atomic E-state index is 0.209. The van der Waals surface area contributed by atoms with Crippen LogP contribution in [0.2, 0.25) is 5.02 Å². The minimum Gasteiger partial charge on any atom is -0.477 e. The summed E-state index contributed by atoms with van der Waals surface area (Å²) in [6.45, 7) is 4.27. The van der Waals surface area contributed by atoms with Gasteiger partial charge < -0.3 is 9.67 Å². The molecule has 104 valence electrons. The molecule has 0 aliphatic carbocycles. The quantitative estimate of drug-likeness (QED) is 0.945. The van der Waals surface area contributed by atoms with Crippen molar-refractivity contribution in [2.75, 3.05) is 0 Å². The molecule has 0 atom stereocenters. The second-order valence-electron chi connectivity index (χ2n) is 4.43. The Morgan fingerprint density at radius 3 is 2.40 bits per heavy atom. The summed E-state index contributed by atoms with van der Waals surface area (Å²) in [7, 11) is 0. The van der Waals surface area contributed by atoms with Crippen LogP contribution in [-0.4, -0.2) is 15.6 Å². The summed E-state index contributed by atoms with van der Waals surface area (Å²) in [5.74, 6) is -1.22. The Morgan fingerprint density at radius 1 is 1.30 bits per heavy atom. The lowest BCUT2D eigenvalue weighted by Gasteiger charge is -2.17. The maximum atomic E-state index is 12.0. The van der Waals surface area contributed by atoms with Gasteiger partial charge in [0.25, 0.3) is 0 Å². The van der Waals surface area contributed by atoms with E-state index in [1.54, 1.807) is 31.2 Å². The van der Waals surface area contributed by atoms with Crippen LogP contribution in [0.5, 0.6) is 0 Å². The maximum Gasteiger partial charge on any atom is 0.341 e. The first kappa shape index (κ1) is 14.3. The third kappa shape index (κ3) is 2.47. The standard InChI is InChI=1S/C15H14ClNO3/c1-3-17-9(2)8-12(18)13(15(19)20)14(17)10-4-6-11(16)7-5-10/h4-8H,3H2,1-2H3,(H,19,20). The van der Waals surface area contributed by atoms with E-state index in [9.17, 15) is 14.7 Å². The predicted molar refractivity (Wildman–Crippen MR) is 78.5 cm³/mol. The largest absolute Gasteiger partial charge is 0.477 e. The van der Waals surface area contributed by atoms with E-state index in [-0.39, 0.29) is 5.56 Å². The van der Waals surface area contributed by atoms with Gasteiger partial charge in [-0.3, -0.25) is 4.79 Å². The lowest BCUT2D eigenvalue weighted by Crippen LogP contribution is -2.22. The normalized spacial score (nSPS) is 10.6. The number of rotatable bonds is 3. The number of benzene rings is 1. The molecule has 1 aromatic heterocycles. The highest BCUT2D eigenvalue weighted by Crippen LogP contribution is 2.25. The van der Waals surface area contributed by atoms with Crippen molar-refractivity contribution in [3.63, 3.8) is 0 Å². The fourth-order valence-corrected chi connectivity index (χ4v) is 2.42. The molecule has 0 fully saturated rings. The Bertz CT molecular complexity index is 717. The molecule has 1 heterocycles. The molecular formula is C15H14ClNO3. The van der Waals surface area contributed by atoms with Gasteiger partial charge in [0, 0.05) is 23.3 Å². The number of halogens is 1. The highest BCUT2D eigenvalue weighted by Gasteiger charge is 2.20. The predicted octanol–water partition coefficient (Wildman–Crippen LogP) is 3.20. The van der Waals surface area contributed by atoms with Gasteiger partial charge in [-0.15, -0.1) is 0 Å². The van der Waals surface area contributed by atoms with Crippen LogP contribution in [0.1, 0.15) is 23.0 Å². The zero-order valence-electron chi connectivity index (χ0n) is 11.2. The van der Waals surface area contributed by atoms with E-state index < -0.39 is 11.4 Å². The number of aromatic carboxylic acids is 1. The van der Waals surface area contributed by atoms with Crippen molar-refractivity contribution in [2.24, 2.45) is 0 Å². The third-order valence-electron chi connectivity index (χ3n) is 3.17. The average molecular weight is 292 g/mol. The lowest BCUT2D eigenvalue weighted by atomic mass is 10.0. The van der Waals surface area contributed by atoms with Crippen molar-refractivity contribution in [2.45, 2.75) is 20.4 Å². The molecule has 0 saturated carbocycles. The molecular weight excluding hydrogens is 278 g/mol. The number of carboxylic acids is 1. The Morgan fingerprint density at radius 2 is 1.90 bits per heavy atom. The second kappa shape index (κ2) is 5.51. The van der Waals surface area contributed by atoms with E-state index in [0.717, 1.165) is 5.69 Å². The van der Waals surface area contributed by atoms with Crippen LogP contribution in [0.25, 0.3) is 11.3 Å². The van der Waals surface area contributed by atoms with Gasteiger partial charge >= 0.3 is 5.97 Å². The van der Waals surface area contributed by atoms with Gasteiger partial charge in [0.05, 0.1) is 5.69 Å². The number of aryl methyl sites for hydroxylation is 1. The minimum atomic E-state index is -1.22. The van der Waals surface area contributed by atoms with Crippen molar-refractivity contribution in [1.29, 1.82) is 0 Å². The number of nitrogens with zero attached hydrogens (tertiary/aromatic N) is 1. The van der Waals surface area contributed by atoms with E-state index in [1.165, 1.54) is 6.07 Å². The number of aromatic nitrogens is 1. The van der Waals surface area contributed by atoms with Crippen molar-refractivity contribution >= 4 is 17.6 Å². The molecule has 0 radical (unpaired) electrons. The average Bonchev–Trinajstić information content (AvgIpc) is 2.38. The van der Waals surface area contributed by atoms with Gasteiger partial charge in [-0.2, -0.15) is 0 Å².